The molecule has 0 heterocycles. The molecule has 0 spiro atoms. The zero-order valence-electron chi connectivity index (χ0n) is 15.9. The molecule has 5 nitrogen and oxygen atoms in total. The SMILES string of the molecule is CNC(=O)C(C)Oc1ccc2cc(-c3cccc(OC)c3OC)ccc2c1. The van der Waals surface area contributed by atoms with Crippen LogP contribution in [-0.2, 0) is 4.79 Å². The van der Waals surface area contributed by atoms with E-state index in [9.17, 15) is 4.79 Å². The van der Waals surface area contributed by atoms with Gasteiger partial charge in [-0.25, -0.2) is 0 Å². The molecule has 0 aliphatic carbocycles. The molecular weight excluding hydrogens is 342 g/mol. The van der Waals surface area contributed by atoms with Crippen molar-refractivity contribution in [3.05, 3.63) is 54.6 Å². The van der Waals surface area contributed by atoms with Gasteiger partial charge < -0.3 is 19.5 Å². The van der Waals surface area contributed by atoms with Crippen molar-refractivity contribution in [1.82, 2.24) is 5.32 Å². The molecule has 1 amide bonds. The summed E-state index contributed by atoms with van der Waals surface area (Å²) >= 11 is 0. The summed E-state index contributed by atoms with van der Waals surface area (Å²) < 4.78 is 16.6. The second kappa shape index (κ2) is 7.99. The first-order valence-corrected chi connectivity index (χ1v) is 8.70. The van der Waals surface area contributed by atoms with Crippen LogP contribution in [0.4, 0.5) is 0 Å². The van der Waals surface area contributed by atoms with Gasteiger partial charge in [-0.05, 0) is 47.5 Å². The number of carbonyl (C=O) groups excluding carboxylic acids is 1. The maximum Gasteiger partial charge on any atom is 0.260 e. The van der Waals surface area contributed by atoms with Gasteiger partial charge in [0.1, 0.15) is 5.75 Å². The summed E-state index contributed by atoms with van der Waals surface area (Å²) in [5, 5.41) is 4.68. The molecule has 1 unspecified atom stereocenters. The van der Waals surface area contributed by atoms with E-state index < -0.39 is 6.10 Å². The van der Waals surface area contributed by atoms with Crippen LogP contribution in [0, 0.1) is 0 Å². The molecule has 140 valence electrons. The maximum absolute atomic E-state index is 11.6. The Morgan fingerprint density at radius 1 is 0.963 bits per heavy atom. The van der Waals surface area contributed by atoms with Crippen molar-refractivity contribution < 1.29 is 19.0 Å². The second-order valence-electron chi connectivity index (χ2n) is 6.14. The van der Waals surface area contributed by atoms with Crippen LogP contribution in [0.2, 0.25) is 0 Å². The molecule has 5 heteroatoms. The summed E-state index contributed by atoms with van der Waals surface area (Å²) in [4.78, 5) is 11.6. The molecule has 3 aromatic carbocycles. The van der Waals surface area contributed by atoms with Gasteiger partial charge in [-0.15, -0.1) is 0 Å². The Bertz CT molecular complexity index is 968. The normalized spacial score (nSPS) is 11.7. The molecular formula is C22H23NO4. The number of para-hydroxylation sites is 1. The number of amides is 1. The highest BCUT2D eigenvalue weighted by molar-refractivity contribution is 5.90. The van der Waals surface area contributed by atoms with Crippen molar-refractivity contribution in [2.24, 2.45) is 0 Å². The third kappa shape index (κ3) is 3.82. The minimum absolute atomic E-state index is 0.157. The molecule has 27 heavy (non-hydrogen) atoms. The summed E-state index contributed by atoms with van der Waals surface area (Å²) in [6, 6.07) is 17.8. The second-order valence-corrected chi connectivity index (χ2v) is 6.14. The number of fused-ring (bicyclic) bond motifs is 1. The molecule has 0 saturated heterocycles. The van der Waals surface area contributed by atoms with Crippen LogP contribution in [0.15, 0.2) is 54.6 Å². The Kier molecular flexibility index (Phi) is 5.50. The van der Waals surface area contributed by atoms with E-state index in [0.717, 1.165) is 21.9 Å². The quantitative estimate of drug-likeness (QED) is 0.716. The number of rotatable bonds is 6. The number of carbonyl (C=O) groups is 1. The van der Waals surface area contributed by atoms with Crippen LogP contribution in [0.5, 0.6) is 17.2 Å². The predicted molar refractivity (Wildman–Crippen MR) is 107 cm³/mol. The molecule has 0 aliphatic heterocycles. The van der Waals surface area contributed by atoms with E-state index >= 15 is 0 Å². The third-order valence-corrected chi connectivity index (χ3v) is 4.45. The minimum atomic E-state index is -0.548. The van der Waals surface area contributed by atoms with Gasteiger partial charge >= 0.3 is 0 Å². The van der Waals surface area contributed by atoms with Crippen LogP contribution in [-0.4, -0.2) is 33.3 Å². The Morgan fingerprint density at radius 3 is 2.41 bits per heavy atom. The van der Waals surface area contributed by atoms with E-state index in [0.29, 0.717) is 17.2 Å². The Morgan fingerprint density at radius 2 is 1.70 bits per heavy atom. The van der Waals surface area contributed by atoms with E-state index in [1.807, 2.05) is 48.5 Å². The largest absolute Gasteiger partial charge is 0.493 e. The first kappa shape index (κ1) is 18.6. The lowest BCUT2D eigenvalue weighted by Gasteiger charge is -2.15. The van der Waals surface area contributed by atoms with Gasteiger partial charge in [0.15, 0.2) is 17.6 Å². The molecule has 0 aromatic heterocycles. The fourth-order valence-electron chi connectivity index (χ4n) is 3.04. The minimum Gasteiger partial charge on any atom is -0.493 e. The monoisotopic (exact) mass is 365 g/mol. The van der Waals surface area contributed by atoms with Gasteiger partial charge in [0.05, 0.1) is 14.2 Å². The number of benzene rings is 3. The van der Waals surface area contributed by atoms with Crippen LogP contribution >= 0.6 is 0 Å². The molecule has 0 bridgehead atoms. The van der Waals surface area contributed by atoms with E-state index in [4.69, 9.17) is 14.2 Å². The van der Waals surface area contributed by atoms with Gasteiger partial charge in [-0.2, -0.15) is 0 Å². The van der Waals surface area contributed by atoms with Gasteiger partial charge in [0, 0.05) is 12.6 Å². The molecule has 1 atom stereocenters. The maximum atomic E-state index is 11.6. The van der Waals surface area contributed by atoms with Crippen molar-refractivity contribution in [3.8, 4) is 28.4 Å². The first-order valence-electron chi connectivity index (χ1n) is 8.70. The van der Waals surface area contributed by atoms with Crippen LogP contribution in [0.1, 0.15) is 6.92 Å². The highest BCUT2D eigenvalue weighted by atomic mass is 16.5. The van der Waals surface area contributed by atoms with Crippen molar-refractivity contribution >= 4 is 16.7 Å². The number of likely N-dealkylation sites (N-methyl/N-ethyl adjacent to an activating group) is 1. The Balaban J connectivity index is 1.96. The molecule has 0 fully saturated rings. The first-order chi connectivity index (χ1) is 13.1. The smallest absolute Gasteiger partial charge is 0.260 e. The standard InChI is InChI=1S/C22H23NO4/c1-14(22(24)23-2)27-18-11-10-15-12-17(9-8-16(15)13-18)19-6-5-7-20(25-3)21(19)26-4/h5-14H,1-4H3,(H,23,24). The van der Waals surface area contributed by atoms with E-state index in [1.54, 1.807) is 28.2 Å². The Hall–Kier alpha value is -3.21. The average Bonchev–Trinajstić information content (AvgIpc) is 2.71. The van der Waals surface area contributed by atoms with Gasteiger partial charge in [-0.1, -0.05) is 30.3 Å². The van der Waals surface area contributed by atoms with Gasteiger partial charge in [0.2, 0.25) is 0 Å². The number of hydrogen-bond acceptors (Lipinski definition) is 4. The molecule has 3 rings (SSSR count). The topological polar surface area (TPSA) is 56.8 Å². The fraction of sp³-hybridized carbons (Fsp3) is 0.227. The number of ether oxygens (including phenoxy) is 3. The number of methoxy groups -OCH3 is 2. The van der Waals surface area contributed by atoms with E-state index in [1.165, 1.54) is 0 Å². The van der Waals surface area contributed by atoms with E-state index in [-0.39, 0.29) is 5.91 Å². The molecule has 1 N–H and O–H groups in total. The summed E-state index contributed by atoms with van der Waals surface area (Å²) in [5.41, 5.74) is 2.00. The molecule has 0 radical (unpaired) electrons. The number of nitrogens with one attached hydrogen (secondary N) is 1. The highest BCUT2D eigenvalue weighted by Crippen LogP contribution is 2.38. The summed E-state index contributed by atoms with van der Waals surface area (Å²) in [7, 11) is 4.86. The zero-order valence-corrected chi connectivity index (χ0v) is 15.9. The lowest BCUT2D eigenvalue weighted by atomic mass is 10.00. The lowest BCUT2D eigenvalue weighted by molar-refractivity contribution is -0.126. The molecule has 0 saturated carbocycles. The fourth-order valence-corrected chi connectivity index (χ4v) is 3.04. The van der Waals surface area contributed by atoms with Crippen molar-refractivity contribution in [2.75, 3.05) is 21.3 Å². The zero-order chi connectivity index (χ0) is 19.4. The predicted octanol–water partition coefficient (Wildman–Crippen LogP) is 4.04. The molecule has 0 aliphatic rings. The highest BCUT2D eigenvalue weighted by Gasteiger charge is 2.14. The van der Waals surface area contributed by atoms with E-state index in [2.05, 4.69) is 11.4 Å². The molecule has 3 aromatic rings. The Labute approximate surface area is 158 Å². The van der Waals surface area contributed by atoms with Gasteiger partial charge in [-0.3, -0.25) is 4.79 Å². The number of hydrogen-bond donors (Lipinski definition) is 1. The van der Waals surface area contributed by atoms with Gasteiger partial charge in [0.25, 0.3) is 5.91 Å². The van der Waals surface area contributed by atoms with Crippen molar-refractivity contribution in [1.29, 1.82) is 0 Å². The summed E-state index contributed by atoms with van der Waals surface area (Å²) in [6.45, 7) is 1.72. The van der Waals surface area contributed by atoms with Crippen molar-refractivity contribution in [3.63, 3.8) is 0 Å². The van der Waals surface area contributed by atoms with Crippen LogP contribution in [0.3, 0.4) is 0 Å². The third-order valence-electron chi connectivity index (χ3n) is 4.45. The van der Waals surface area contributed by atoms with Crippen LogP contribution < -0.4 is 19.5 Å². The van der Waals surface area contributed by atoms with Crippen LogP contribution in [0.25, 0.3) is 21.9 Å². The van der Waals surface area contributed by atoms with Crippen molar-refractivity contribution in [2.45, 2.75) is 13.0 Å². The summed E-state index contributed by atoms with van der Waals surface area (Å²) in [6.07, 6.45) is -0.548. The average molecular weight is 365 g/mol. The summed E-state index contributed by atoms with van der Waals surface area (Å²) in [5.74, 6) is 1.90. The lowest BCUT2D eigenvalue weighted by Crippen LogP contribution is -2.33.